The Kier molecular flexibility index (Phi) is 8.10. The van der Waals surface area contributed by atoms with Crippen LogP contribution in [0.5, 0.6) is 11.8 Å². The number of halogens is 4. The Morgan fingerprint density at radius 3 is 2.89 bits per heavy atom. The number of ether oxygens (including phenoxy) is 2. The van der Waals surface area contributed by atoms with Gasteiger partial charge in [0, 0.05) is 42.0 Å². The summed E-state index contributed by atoms with van der Waals surface area (Å²) in [6.07, 6.45) is 5.57. The van der Waals surface area contributed by atoms with Crippen LogP contribution in [0.3, 0.4) is 0 Å². The predicted molar refractivity (Wildman–Crippen MR) is 199 cm³/mol. The van der Waals surface area contributed by atoms with Gasteiger partial charge in [0.1, 0.15) is 53.6 Å². The minimum Gasteiger partial charge on any atom is -0.489 e. The highest BCUT2D eigenvalue weighted by molar-refractivity contribution is 7.23. The van der Waals surface area contributed by atoms with E-state index in [2.05, 4.69) is 25.4 Å². The maximum Gasteiger partial charge on any atom is 0.319 e. The molecule has 2 aromatic heterocycles. The first-order valence-electron chi connectivity index (χ1n) is 18.8. The zero-order valence-corrected chi connectivity index (χ0v) is 30.8. The van der Waals surface area contributed by atoms with Crippen LogP contribution < -0.4 is 30.7 Å². The first-order valence-corrected chi connectivity index (χ1v) is 19.9. The quantitative estimate of drug-likeness (QED) is 0.186. The summed E-state index contributed by atoms with van der Waals surface area (Å²) in [5, 5.41) is 17.0. The van der Waals surface area contributed by atoms with Gasteiger partial charge in [0.25, 0.3) is 0 Å². The highest BCUT2D eigenvalue weighted by Crippen LogP contribution is 2.51. The summed E-state index contributed by atoms with van der Waals surface area (Å²) in [6.45, 7) is 1.82. The van der Waals surface area contributed by atoms with Crippen molar-refractivity contribution in [2.45, 2.75) is 87.2 Å². The lowest BCUT2D eigenvalue weighted by atomic mass is 9.95. The number of nitrogens with two attached hydrogens (primary N) is 1. The van der Waals surface area contributed by atoms with Crippen LogP contribution in [-0.2, 0) is 4.79 Å². The van der Waals surface area contributed by atoms with Crippen LogP contribution in [0.4, 0.5) is 24.0 Å². The average Bonchev–Trinajstić information content (AvgIpc) is 4.01. The molecule has 54 heavy (non-hydrogen) atoms. The molecule has 6 aliphatic rings. The Morgan fingerprint density at radius 1 is 1.22 bits per heavy atom. The number of amides is 1. The van der Waals surface area contributed by atoms with Gasteiger partial charge in [-0.3, -0.25) is 15.0 Å². The fourth-order valence-corrected chi connectivity index (χ4v) is 10.9. The van der Waals surface area contributed by atoms with E-state index in [1.54, 1.807) is 0 Å². The van der Waals surface area contributed by atoms with Gasteiger partial charge in [0.15, 0.2) is 11.6 Å². The van der Waals surface area contributed by atoms with Gasteiger partial charge in [0.2, 0.25) is 5.91 Å². The second-order valence-corrected chi connectivity index (χ2v) is 17.2. The SMILES string of the molecule is N#Cc1c(N)sc2c(F)ccc(-c3c(Cl)c4c5c(nc(OC[C@@]67CCCN6C[C@H](F)C7)nc5c3F)N(C3CCC(NC(=O)C5NC5C5CC5)C3)CCO4)c12. The van der Waals surface area contributed by atoms with E-state index in [-0.39, 0.29) is 103 Å². The van der Waals surface area contributed by atoms with Crippen molar-refractivity contribution in [3.63, 3.8) is 0 Å². The fraction of sp³-hybridized carbons (Fsp3) is 0.526. The number of carbonyl (C=O) groups is 1. The average molecular weight is 779 g/mol. The standard InChI is InChI=1S/C38H38ClF3N8O3S/c39-27-25(21-6-7-23(41)33-24(21)22(14-43)34(44)54-33)28(42)30-26-32(27)52-11-10-50(20-5-4-19(12-20)45-36(51)31-29(46-31)17-2-3-17)35(26)48-37(47-30)53-16-38-8-1-9-49(38)15-18(40)13-38/h6-7,17-20,29,31,46H,1-5,8-13,15-16,44H2,(H,45,51)/t18-,19?,20?,29?,31?,38+/m1/s1. The molecule has 5 fully saturated rings. The van der Waals surface area contributed by atoms with Crippen molar-refractivity contribution in [3.8, 4) is 29.0 Å². The van der Waals surface area contributed by atoms with Gasteiger partial charge >= 0.3 is 6.01 Å². The monoisotopic (exact) mass is 778 g/mol. The summed E-state index contributed by atoms with van der Waals surface area (Å²) in [5.41, 5.74) is 5.61. The number of nitrogens with one attached hydrogen (secondary N) is 2. The molecule has 3 saturated heterocycles. The molecule has 2 aliphatic carbocycles. The Hall–Kier alpha value is -4.10. The second kappa shape index (κ2) is 12.7. The lowest BCUT2D eigenvalue weighted by Crippen LogP contribution is -2.43. The summed E-state index contributed by atoms with van der Waals surface area (Å²) in [5.74, 6) is -0.220. The number of nitriles is 1. The summed E-state index contributed by atoms with van der Waals surface area (Å²) in [4.78, 5) is 26.8. The van der Waals surface area contributed by atoms with Gasteiger partial charge in [-0.15, -0.1) is 11.3 Å². The van der Waals surface area contributed by atoms with Crippen LogP contribution in [0.2, 0.25) is 5.02 Å². The van der Waals surface area contributed by atoms with E-state index >= 15 is 8.78 Å². The van der Waals surface area contributed by atoms with E-state index in [9.17, 15) is 14.4 Å². The van der Waals surface area contributed by atoms with Crippen LogP contribution >= 0.6 is 22.9 Å². The van der Waals surface area contributed by atoms with Gasteiger partial charge in [-0.25, -0.2) is 13.2 Å². The van der Waals surface area contributed by atoms with Crippen LogP contribution in [0.25, 0.3) is 32.1 Å². The molecule has 10 rings (SSSR count). The molecule has 1 amide bonds. The van der Waals surface area contributed by atoms with Gasteiger partial charge in [-0.1, -0.05) is 17.7 Å². The number of aromatic nitrogens is 2. The number of nitrogen functional groups attached to an aromatic ring is 1. The Bertz CT molecular complexity index is 2280. The molecule has 11 nitrogen and oxygen atoms in total. The minimum absolute atomic E-state index is 0.0249. The molecule has 4 aliphatic heterocycles. The molecule has 0 spiro atoms. The number of hydrogen-bond acceptors (Lipinski definition) is 11. The first-order chi connectivity index (χ1) is 26.1. The van der Waals surface area contributed by atoms with Crippen LogP contribution in [0.15, 0.2) is 12.1 Å². The first kappa shape index (κ1) is 34.4. The number of anilines is 2. The molecular weight excluding hydrogens is 741 g/mol. The van der Waals surface area contributed by atoms with Crippen molar-refractivity contribution < 1.29 is 27.4 Å². The molecule has 2 aromatic carbocycles. The third-order valence-electron chi connectivity index (χ3n) is 12.4. The topological polar surface area (TPSA) is 152 Å². The summed E-state index contributed by atoms with van der Waals surface area (Å²) >= 11 is 8.01. The van der Waals surface area contributed by atoms with E-state index in [0.29, 0.717) is 37.7 Å². The third kappa shape index (κ3) is 5.46. The molecule has 282 valence electrons. The largest absolute Gasteiger partial charge is 0.489 e. The number of thiophene rings is 1. The Labute approximate surface area is 317 Å². The number of hydrogen-bond donors (Lipinski definition) is 3. The van der Waals surface area contributed by atoms with E-state index in [1.807, 2.05) is 6.07 Å². The fourth-order valence-electron chi connectivity index (χ4n) is 9.66. The van der Waals surface area contributed by atoms with Crippen molar-refractivity contribution in [2.75, 3.05) is 43.5 Å². The van der Waals surface area contributed by atoms with E-state index in [1.165, 1.54) is 25.0 Å². The predicted octanol–water partition coefficient (Wildman–Crippen LogP) is 5.84. The van der Waals surface area contributed by atoms with Gasteiger partial charge < -0.3 is 25.4 Å². The van der Waals surface area contributed by atoms with Crippen molar-refractivity contribution in [1.29, 1.82) is 5.26 Å². The van der Waals surface area contributed by atoms with E-state index in [0.717, 1.165) is 43.6 Å². The molecule has 16 heteroatoms. The Balaban J connectivity index is 1.07. The molecule has 6 heterocycles. The van der Waals surface area contributed by atoms with Crippen LogP contribution in [0.1, 0.15) is 56.9 Å². The van der Waals surface area contributed by atoms with Crippen LogP contribution in [-0.4, -0.2) is 89.5 Å². The number of carbonyl (C=O) groups excluding carboxylic acids is 1. The minimum atomic E-state index is -0.962. The number of rotatable bonds is 8. The van der Waals surface area contributed by atoms with Crippen molar-refractivity contribution in [1.82, 2.24) is 25.5 Å². The highest BCUT2D eigenvalue weighted by Gasteiger charge is 2.52. The van der Waals surface area contributed by atoms with Gasteiger partial charge in [0.05, 0.1) is 32.8 Å². The summed E-state index contributed by atoms with van der Waals surface area (Å²) < 4.78 is 59.9. The third-order valence-corrected chi connectivity index (χ3v) is 13.8. The summed E-state index contributed by atoms with van der Waals surface area (Å²) in [6, 6.07) is 4.60. The second-order valence-electron chi connectivity index (χ2n) is 15.7. The number of alkyl halides is 1. The highest BCUT2D eigenvalue weighted by atomic mass is 35.5. The molecule has 0 radical (unpaired) electrons. The van der Waals surface area contributed by atoms with Crippen molar-refractivity contribution >= 4 is 60.7 Å². The molecule has 0 bridgehead atoms. The zero-order valence-electron chi connectivity index (χ0n) is 29.3. The van der Waals surface area contributed by atoms with Crippen molar-refractivity contribution in [3.05, 3.63) is 34.4 Å². The lowest BCUT2D eigenvalue weighted by molar-refractivity contribution is -0.121. The smallest absolute Gasteiger partial charge is 0.319 e. The van der Waals surface area contributed by atoms with Gasteiger partial charge in [-0.2, -0.15) is 15.2 Å². The van der Waals surface area contributed by atoms with Crippen LogP contribution in [0, 0.1) is 28.9 Å². The molecule has 6 atom stereocenters. The van der Waals surface area contributed by atoms with E-state index < -0.39 is 23.3 Å². The Morgan fingerprint density at radius 2 is 2.07 bits per heavy atom. The maximum absolute atomic E-state index is 17.4. The summed E-state index contributed by atoms with van der Waals surface area (Å²) in [7, 11) is 0. The molecule has 4 unspecified atom stereocenters. The zero-order chi connectivity index (χ0) is 37.0. The van der Waals surface area contributed by atoms with Crippen molar-refractivity contribution in [2.24, 2.45) is 5.92 Å². The molecule has 4 aromatic rings. The molecule has 2 saturated carbocycles. The lowest BCUT2D eigenvalue weighted by Gasteiger charge is -2.32. The number of benzene rings is 2. The maximum atomic E-state index is 17.4. The number of nitrogens with zero attached hydrogens (tertiary/aromatic N) is 5. The molecule has 4 N–H and O–H groups in total. The number of fused-ring (bicyclic) bond motifs is 2. The normalized spacial score (nSPS) is 28.9. The molecular formula is C38H38ClF3N8O3S. The van der Waals surface area contributed by atoms with Gasteiger partial charge in [-0.05, 0) is 69.0 Å². The van der Waals surface area contributed by atoms with E-state index in [4.69, 9.17) is 31.8 Å².